The summed E-state index contributed by atoms with van der Waals surface area (Å²) in [6.07, 6.45) is 1.51. The molecular weight excluding hydrogens is 388 g/mol. The van der Waals surface area contributed by atoms with Gasteiger partial charge < -0.3 is 9.84 Å². The van der Waals surface area contributed by atoms with Crippen molar-refractivity contribution in [2.45, 2.75) is 31.7 Å². The third-order valence-corrected chi connectivity index (χ3v) is 6.12. The number of carbonyl (C=O) groups is 1. The average molecular weight is 406 g/mol. The first-order chi connectivity index (χ1) is 12.8. The van der Waals surface area contributed by atoms with E-state index in [-0.39, 0.29) is 22.0 Å². The first-order valence-corrected chi connectivity index (χ1v) is 10.4. The van der Waals surface area contributed by atoms with Crippen LogP contribution in [-0.4, -0.2) is 24.5 Å². The first kappa shape index (κ1) is 19.1. The SMILES string of the molecule is Cc1noc(C)c1C(C)NC(=O)c1ccc(S(=O)(=O)Nc2nccs2)cc1. The lowest BCUT2D eigenvalue weighted by atomic mass is 10.1. The summed E-state index contributed by atoms with van der Waals surface area (Å²) in [7, 11) is -3.75. The molecule has 142 valence electrons. The molecule has 1 unspecified atom stereocenters. The monoisotopic (exact) mass is 406 g/mol. The zero-order chi connectivity index (χ0) is 19.6. The van der Waals surface area contributed by atoms with Crippen molar-refractivity contribution in [3.05, 3.63) is 58.4 Å². The summed E-state index contributed by atoms with van der Waals surface area (Å²) < 4.78 is 32.2. The smallest absolute Gasteiger partial charge is 0.263 e. The fourth-order valence-corrected chi connectivity index (χ4v) is 4.48. The van der Waals surface area contributed by atoms with Crippen molar-refractivity contribution in [3.8, 4) is 0 Å². The highest BCUT2D eigenvalue weighted by molar-refractivity contribution is 7.93. The standard InChI is InChI=1S/C17H18N4O4S2/c1-10(15-11(2)20-25-12(15)3)19-16(22)13-4-6-14(7-5-13)27(23,24)21-17-18-8-9-26-17/h4-10H,1-3H3,(H,18,21)(H,19,22). The fraction of sp³-hybridized carbons (Fsp3) is 0.235. The van der Waals surface area contributed by atoms with Crippen molar-refractivity contribution in [1.29, 1.82) is 0 Å². The van der Waals surface area contributed by atoms with Gasteiger partial charge in [0.25, 0.3) is 15.9 Å². The number of hydrogen-bond donors (Lipinski definition) is 2. The summed E-state index contributed by atoms with van der Waals surface area (Å²) in [5, 5.41) is 8.70. The third-order valence-electron chi connectivity index (χ3n) is 3.95. The van der Waals surface area contributed by atoms with Crippen LogP contribution in [0.1, 0.15) is 40.3 Å². The van der Waals surface area contributed by atoms with Gasteiger partial charge in [-0.3, -0.25) is 9.52 Å². The van der Waals surface area contributed by atoms with E-state index in [0.29, 0.717) is 11.3 Å². The average Bonchev–Trinajstić information content (AvgIpc) is 3.24. The van der Waals surface area contributed by atoms with E-state index in [9.17, 15) is 13.2 Å². The van der Waals surface area contributed by atoms with Crippen molar-refractivity contribution in [2.75, 3.05) is 4.72 Å². The van der Waals surface area contributed by atoms with Crippen LogP contribution < -0.4 is 10.0 Å². The predicted molar refractivity (Wildman–Crippen MR) is 101 cm³/mol. The zero-order valence-electron chi connectivity index (χ0n) is 14.9. The molecule has 8 nitrogen and oxygen atoms in total. The maximum absolute atomic E-state index is 12.5. The molecule has 1 aromatic carbocycles. The van der Waals surface area contributed by atoms with Crippen LogP contribution in [0.15, 0.2) is 45.3 Å². The van der Waals surface area contributed by atoms with Crippen LogP contribution >= 0.6 is 11.3 Å². The van der Waals surface area contributed by atoms with Crippen LogP contribution in [0.25, 0.3) is 0 Å². The molecule has 0 aliphatic rings. The molecule has 3 aromatic rings. The van der Waals surface area contributed by atoms with E-state index in [1.54, 1.807) is 12.3 Å². The zero-order valence-corrected chi connectivity index (χ0v) is 16.5. The minimum atomic E-state index is -3.75. The summed E-state index contributed by atoms with van der Waals surface area (Å²) in [4.78, 5) is 16.4. The van der Waals surface area contributed by atoms with Gasteiger partial charge in [0.05, 0.1) is 16.6 Å². The number of rotatable bonds is 6. The lowest BCUT2D eigenvalue weighted by Gasteiger charge is -2.14. The molecule has 0 aliphatic carbocycles. The van der Waals surface area contributed by atoms with Gasteiger partial charge in [0.15, 0.2) is 5.13 Å². The van der Waals surface area contributed by atoms with Gasteiger partial charge in [-0.25, -0.2) is 13.4 Å². The molecular formula is C17H18N4O4S2. The van der Waals surface area contributed by atoms with Crippen LogP contribution in [0.3, 0.4) is 0 Å². The van der Waals surface area contributed by atoms with E-state index in [1.165, 1.54) is 41.8 Å². The molecule has 2 aromatic heterocycles. The molecule has 0 saturated carbocycles. The van der Waals surface area contributed by atoms with Crippen LogP contribution in [-0.2, 0) is 10.0 Å². The highest BCUT2D eigenvalue weighted by Crippen LogP contribution is 2.22. The largest absolute Gasteiger partial charge is 0.361 e. The van der Waals surface area contributed by atoms with Gasteiger partial charge in [0.2, 0.25) is 0 Å². The number of carbonyl (C=O) groups excluding carboxylic acids is 1. The third kappa shape index (κ3) is 4.17. The van der Waals surface area contributed by atoms with E-state index in [4.69, 9.17) is 4.52 Å². The van der Waals surface area contributed by atoms with Crippen molar-refractivity contribution in [3.63, 3.8) is 0 Å². The molecule has 0 saturated heterocycles. The van der Waals surface area contributed by atoms with E-state index in [2.05, 4.69) is 20.2 Å². The Morgan fingerprint density at radius 2 is 1.93 bits per heavy atom. The molecule has 2 heterocycles. The Labute approximate surface area is 160 Å². The van der Waals surface area contributed by atoms with Crippen molar-refractivity contribution in [2.24, 2.45) is 0 Å². The van der Waals surface area contributed by atoms with E-state index in [1.807, 2.05) is 13.8 Å². The maximum atomic E-state index is 12.5. The summed E-state index contributed by atoms with van der Waals surface area (Å²) >= 11 is 1.18. The Morgan fingerprint density at radius 3 is 2.48 bits per heavy atom. The second kappa shape index (κ2) is 7.49. The number of aryl methyl sites for hydroxylation is 2. The second-order valence-corrected chi connectivity index (χ2v) is 8.48. The van der Waals surface area contributed by atoms with Crippen molar-refractivity contribution < 1.29 is 17.7 Å². The summed E-state index contributed by atoms with van der Waals surface area (Å²) in [5.41, 5.74) is 1.90. The summed E-state index contributed by atoms with van der Waals surface area (Å²) in [6, 6.07) is 5.40. The molecule has 0 radical (unpaired) electrons. The maximum Gasteiger partial charge on any atom is 0.263 e. The van der Waals surface area contributed by atoms with Gasteiger partial charge in [-0.05, 0) is 45.0 Å². The number of nitrogens with one attached hydrogen (secondary N) is 2. The molecule has 27 heavy (non-hydrogen) atoms. The molecule has 0 bridgehead atoms. The fourth-order valence-electron chi connectivity index (χ4n) is 2.69. The van der Waals surface area contributed by atoms with Gasteiger partial charge in [-0.2, -0.15) is 0 Å². The predicted octanol–water partition coefficient (Wildman–Crippen LogP) is 3.04. The van der Waals surface area contributed by atoms with Gasteiger partial charge >= 0.3 is 0 Å². The van der Waals surface area contributed by atoms with Crippen LogP contribution in [0.5, 0.6) is 0 Å². The minimum Gasteiger partial charge on any atom is -0.361 e. The number of thiazole rings is 1. The molecule has 0 spiro atoms. The van der Waals surface area contributed by atoms with Gasteiger partial charge in [-0.1, -0.05) is 5.16 Å². The molecule has 3 rings (SSSR count). The van der Waals surface area contributed by atoms with Gasteiger partial charge in [-0.15, -0.1) is 11.3 Å². The highest BCUT2D eigenvalue weighted by atomic mass is 32.2. The second-order valence-electron chi connectivity index (χ2n) is 5.90. The highest BCUT2D eigenvalue weighted by Gasteiger charge is 2.20. The number of benzene rings is 1. The Kier molecular flexibility index (Phi) is 5.29. The summed E-state index contributed by atoms with van der Waals surface area (Å²) in [5.74, 6) is 0.328. The van der Waals surface area contributed by atoms with E-state index >= 15 is 0 Å². The lowest BCUT2D eigenvalue weighted by molar-refractivity contribution is 0.0939. The molecule has 1 atom stereocenters. The number of sulfonamides is 1. The number of hydrogen-bond acceptors (Lipinski definition) is 7. The van der Waals surface area contributed by atoms with E-state index in [0.717, 1.165) is 11.3 Å². The lowest BCUT2D eigenvalue weighted by Crippen LogP contribution is -2.27. The normalized spacial score (nSPS) is 12.6. The molecule has 0 aliphatic heterocycles. The minimum absolute atomic E-state index is 0.0491. The van der Waals surface area contributed by atoms with Crippen LogP contribution in [0.4, 0.5) is 5.13 Å². The number of nitrogens with zero attached hydrogens (tertiary/aromatic N) is 2. The molecule has 2 N–H and O–H groups in total. The van der Waals surface area contributed by atoms with Gasteiger partial charge in [0.1, 0.15) is 5.76 Å². The Balaban J connectivity index is 1.72. The Morgan fingerprint density at radius 1 is 1.22 bits per heavy atom. The van der Waals surface area contributed by atoms with Gasteiger partial charge in [0, 0.05) is 22.7 Å². The number of amides is 1. The van der Waals surface area contributed by atoms with Crippen LogP contribution in [0, 0.1) is 13.8 Å². The van der Waals surface area contributed by atoms with Crippen molar-refractivity contribution >= 4 is 32.4 Å². The molecule has 1 amide bonds. The number of anilines is 1. The Hall–Kier alpha value is -2.72. The molecule has 0 fully saturated rings. The Bertz CT molecular complexity index is 1020. The van der Waals surface area contributed by atoms with Crippen LogP contribution in [0.2, 0.25) is 0 Å². The topological polar surface area (TPSA) is 114 Å². The van der Waals surface area contributed by atoms with Crippen molar-refractivity contribution in [1.82, 2.24) is 15.5 Å². The first-order valence-electron chi connectivity index (χ1n) is 8.04. The molecule has 10 heteroatoms. The van der Waals surface area contributed by atoms with E-state index < -0.39 is 10.0 Å². The quantitative estimate of drug-likeness (QED) is 0.650. The number of aromatic nitrogens is 2. The summed E-state index contributed by atoms with van der Waals surface area (Å²) in [6.45, 7) is 5.43.